The fraction of sp³-hybridized carbons (Fsp3) is 0.286. The highest BCUT2D eigenvalue weighted by atomic mass is 16.6. The largest absolute Gasteiger partial charge is 0.494 e. The number of nitrogens with zero attached hydrogens (tertiary/aromatic N) is 2. The lowest BCUT2D eigenvalue weighted by Crippen LogP contribution is -2.39. The number of non-ortho nitro benzene ring substituents is 1. The number of hydrogen-bond acceptors (Lipinski definition) is 6. The molecule has 2 aromatic rings. The average molecular weight is 399 g/mol. The highest BCUT2D eigenvalue weighted by Gasteiger charge is 2.20. The van der Waals surface area contributed by atoms with E-state index in [4.69, 9.17) is 9.47 Å². The Hall–Kier alpha value is -3.39. The van der Waals surface area contributed by atoms with Crippen LogP contribution in [-0.2, 0) is 11.3 Å². The number of rotatable bonds is 10. The van der Waals surface area contributed by atoms with Gasteiger partial charge in [0.15, 0.2) is 0 Å². The lowest BCUT2D eigenvalue weighted by Gasteiger charge is -2.24. The Bertz CT molecular complexity index is 867. The summed E-state index contributed by atoms with van der Waals surface area (Å²) in [6.45, 7) is 6.41. The number of ether oxygens (including phenoxy) is 2. The number of methoxy groups -OCH3 is 1. The van der Waals surface area contributed by atoms with Gasteiger partial charge in [0.1, 0.15) is 18.1 Å². The van der Waals surface area contributed by atoms with Crippen molar-refractivity contribution < 1.29 is 19.2 Å². The van der Waals surface area contributed by atoms with Crippen LogP contribution < -0.4 is 14.8 Å². The zero-order valence-electron chi connectivity index (χ0n) is 16.8. The van der Waals surface area contributed by atoms with E-state index in [9.17, 15) is 14.9 Å². The van der Waals surface area contributed by atoms with Gasteiger partial charge in [0, 0.05) is 12.6 Å². The molecule has 0 heterocycles. The lowest BCUT2D eigenvalue weighted by atomic mass is 10.1. The van der Waals surface area contributed by atoms with Gasteiger partial charge in [-0.25, -0.2) is 0 Å². The molecule has 0 saturated heterocycles. The first-order valence-corrected chi connectivity index (χ1v) is 9.02. The zero-order valence-corrected chi connectivity index (χ0v) is 16.8. The summed E-state index contributed by atoms with van der Waals surface area (Å²) in [5.74, 6) is 0.746. The Morgan fingerprint density at radius 2 is 2.00 bits per heavy atom. The van der Waals surface area contributed by atoms with E-state index in [2.05, 4.69) is 11.9 Å². The van der Waals surface area contributed by atoms with Crippen LogP contribution in [0.1, 0.15) is 12.5 Å². The highest BCUT2D eigenvalue weighted by Crippen LogP contribution is 2.29. The van der Waals surface area contributed by atoms with Crippen LogP contribution in [0.4, 0.5) is 11.4 Å². The number of benzene rings is 2. The van der Waals surface area contributed by atoms with Crippen molar-refractivity contribution >= 4 is 17.3 Å². The number of nitro groups is 1. The fourth-order valence-corrected chi connectivity index (χ4v) is 2.61. The monoisotopic (exact) mass is 399 g/mol. The van der Waals surface area contributed by atoms with Crippen molar-refractivity contribution in [3.63, 3.8) is 0 Å². The maximum atomic E-state index is 12.6. The number of nitro benzene ring substituents is 1. The first-order chi connectivity index (χ1) is 13.8. The molecule has 0 aromatic heterocycles. The molecule has 0 unspecified atom stereocenters. The first kappa shape index (κ1) is 21.9. The van der Waals surface area contributed by atoms with E-state index in [-0.39, 0.29) is 17.3 Å². The Morgan fingerprint density at radius 1 is 1.31 bits per heavy atom. The van der Waals surface area contributed by atoms with E-state index in [1.807, 2.05) is 36.2 Å². The molecule has 29 heavy (non-hydrogen) atoms. The van der Waals surface area contributed by atoms with Crippen LogP contribution in [0.25, 0.3) is 0 Å². The van der Waals surface area contributed by atoms with E-state index >= 15 is 0 Å². The van der Waals surface area contributed by atoms with Crippen LogP contribution in [0.2, 0.25) is 0 Å². The topological polar surface area (TPSA) is 93.9 Å². The van der Waals surface area contributed by atoms with Gasteiger partial charge in [-0.1, -0.05) is 24.8 Å². The fourth-order valence-electron chi connectivity index (χ4n) is 2.61. The van der Waals surface area contributed by atoms with Crippen molar-refractivity contribution in [2.75, 3.05) is 26.1 Å². The Balaban J connectivity index is 2.00. The van der Waals surface area contributed by atoms with E-state index in [0.29, 0.717) is 18.8 Å². The molecular weight excluding hydrogens is 374 g/mol. The van der Waals surface area contributed by atoms with Crippen molar-refractivity contribution in [2.45, 2.75) is 19.5 Å². The molecule has 0 aliphatic heterocycles. The van der Waals surface area contributed by atoms with E-state index < -0.39 is 11.0 Å². The Kier molecular flexibility index (Phi) is 7.73. The molecule has 0 saturated carbocycles. The van der Waals surface area contributed by atoms with Crippen LogP contribution in [0.5, 0.6) is 11.5 Å². The van der Waals surface area contributed by atoms with E-state index in [1.54, 1.807) is 13.0 Å². The number of amides is 1. The van der Waals surface area contributed by atoms with Crippen LogP contribution in [0.15, 0.2) is 55.1 Å². The highest BCUT2D eigenvalue weighted by molar-refractivity contribution is 5.96. The second-order valence-corrected chi connectivity index (χ2v) is 6.47. The Morgan fingerprint density at radius 3 is 2.59 bits per heavy atom. The third kappa shape index (κ3) is 6.05. The van der Waals surface area contributed by atoms with Gasteiger partial charge in [-0.15, -0.1) is 0 Å². The van der Waals surface area contributed by atoms with Crippen molar-refractivity contribution in [1.82, 2.24) is 4.90 Å². The summed E-state index contributed by atoms with van der Waals surface area (Å²) >= 11 is 0. The minimum Gasteiger partial charge on any atom is -0.494 e. The van der Waals surface area contributed by atoms with Gasteiger partial charge >= 0.3 is 0 Å². The Labute approximate surface area is 169 Å². The normalized spacial score (nSPS) is 11.6. The van der Waals surface area contributed by atoms with Crippen molar-refractivity contribution in [2.24, 2.45) is 0 Å². The SMILES string of the molecule is C=CCOc1ccc(CN(C)[C@@H](C)C(=O)Nc2ccc([N+](=O)[O-])cc2OC)cc1. The molecule has 0 aliphatic rings. The molecular formula is C21H25N3O5. The van der Waals surface area contributed by atoms with E-state index in [0.717, 1.165) is 11.3 Å². The molecule has 1 N–H and O–H groups in total. The second-order valence-electron chi connectivity index (χ2n) is 6.47. The number of nitrogens with one attached hydrogen (secondary N) is 1. The summed E-state index contributed by atoms with van der Waals surface area (Å²) in [6, 6.07) is 11.3. The van der Waals surface area contributed by atoms with E-state index in [1.165, 1.54) is 25.3 Å². The third-order valence-corrected chi connectivity index (χ3v) is 4.42. The summed E-state index contributed by atoms with van der Waals surface area (Å²) in [7, 11) is 3.24. The van der Waals surface area contributed by atoms with Crippen molar-refractivity contribution in [3.8, 4) is 11.5 Å². The van der Waals surface area contributed by atoms with Gasteiger partial charge in [-0.3, -0.25) is 19.8 Å². The summed E-state index contributed by atoms with van der Waals surface area (Å²) in [5.41, 5.74) is 1.31. The predicted octanol–water partition coefficient (Wildman–Crippen LogP) is 3.63. The van der Waals surface area contributed by atoms with Gasteiger partial charge in [0.25, 0.3) is 5.69 Å². The van der Waals surface area contributed by atoms with Crippen molar-refractivity contribution in [1.29, 1.82) is 0 Å². The standard InChI is InChI=1S/C21H25N3O5/c1-5-12-29-18-9-6-16(7-10-18)14-23(3)15(2)21(25)22-19-11-8-17(24(26)27)13-20(19)28-4/h5-11,13,15H,1,12,14H2,2-4H3,(H,22,25)/t15-/m0/s1. The van der Waals surface area contributed by atoms with Crippen molar-refractivity contribution in [3.05, 3.63) is 70.8 Å². The number of likely N-dealkylation sites (N-methyl/N-ethyl adjacent to an activating group) is 1. The van der Waals surface area contributed by atoms with Gasteiger partial charge < -0.3 is 14.8 Å². The molecule has 2 aromatic carbocycles. The van der Waals surface area contributed by atoms with Gasteiger partial charge in [-0.2, -0.15) is 0 Å². The summed E-state index contributed by atoms with van der Waals surface area (Å²) in [5, 5.41) is 13.7. The molecule has 8 nitrogen and oxygen atoms in total. The summed E-state index contributed by atoms with van der Waals surface area (Å²) in [6.07, 6.45) is 1.68. The number of carbonyl (C=O) groups is 1. The molecule has 0 aliphatic carbocycles. The average Bonchev–Trinajstić information content (AvgIpc) is 2.72. The van der Waals surface area contributed by atoms with Crippen LogP contribution >= 0.6 is 0 Å². The molecule has 1 amide bonds. The number of carbonyl (C=O) groups excluding carboxylic acids is 1. The molecule has 0 radical (unpaired) electrons. The lowest BCUT2D eigenvalue weighted by molar-refractivity contribution is -0.384. The molecule has 0 fully saturated rings. The van der Waals surface area contributed by atoms with Crippen LogP contribution in [0.3, 0.4) is 0 Å². The molecule has 0 spiro atoms. The zero-order chi connectivity index (χ0) is 21.4. The molecule has 0 bridgehead atoms. The van der Waals surface area contributed by atoms with Gasteiger partial charge in [0.2, 0.25) is 5.91 Å². The molecule has 2 rings (SSSR count). The third-order valence-electron chi connectivity index (χ3n) is 4.42. The smallest absolute Gasteiger partial charge is 0.273 e. The predicted molar refractivity (Wildman–Crippen MR) is 111 cm³/mol. The number of anilines is 1. The maximum Gasteiger partial charge on any atom is 0.273 e. The quantitative estimate of drug-likeness (QED) is 0.372. The molecule has 8 heteroatoms. The molecule has 1 atom stereocenters. The number of hydrogen-bond donors (Lipinski definition) is 1. The van der Waals surface area contributed by atoms with Crippen LogP contribution in [-0.4, -0.2) is 42.5 Å². The van der Waals surface area contributed by atoms with Crippen LogP contribution in [0, 0.1) is 10.1 Å². The van der Waals surface area contributed by atoms with Gasteiger partial charge in [-0.05, 0) is 37.7 Å². The summed E-state index contributed by atoms with van der Waals surface area (Å²) in [4.78, 5) is 24.9. The maximum absolute atomic E-state index is 12.6. The first-order valence-electron chi connectivity index (χ1n) is 9.02. The molecule has 154 valence electrons. The second kappa shape index (κ2) is 10.2. The minimum atomic E-state index is -0.516. The minimum absolute atomic E-state index is 0.106. The summed E-state index contributed by atoms with van der Waals surface area (Å²) < 4.78 is 10.6. The van der Waals surface area contributed by atoms with Gasteiger partial charge in [0.05, 0.1) is 29.8 Å².